The Morgan fingerprint density at radius 2 is 2.46 bits per heavy atom. The predicted molar refractivity (Wildman–Crippen MR) is 55.6 cm³/mol. The summed E-state index contributed by atoms with van der Waals surface area (Å²) in [7, 11) is 0. The maximum absolute atomic E-state index is 10.6. The molecule has 0 bridgehead atoms. The zero-order valence-corrected chi connectivity index (χ0v) is 8.19. The quantitative estimate of drug-likeness (QED) is 0.398. The van der Waals surface area contributed by atoms with Crippen LogP contribution in [0.2, 0.25) is 0 Å². The van der Waals surface area contributed by atoms with Crippen LogP contribution in [0.4, 0.5) is 0 Å². The fourth-order valence-electron chi connectivity index (χ4n) is 0.835. The van der Waals surface area contributed by atoms with Crippen molar-refractivity contribution in [2.24, 2.45) is 5.73 Å². The summed E-state index contributed by atoms with van der Waals surface area (Å²) < 4.78 is 19.3. The van der Waals surface area contributed by atoms with Crippen LogP contribution in [0.3, 0.4) is 0 Å². The molecule has 1 atom stereocenters. The second-order valence-electron chi connectivity index (χ2n) is 2.24. The Morgan fingerprint density at radius 1 is 1.77 bits per heavy atom. The SMILES string of the molecule is NC=C(C=S)c1cc(S(=O)O)c[nH]1. The van der Waals surface area contributed by atoms with Gasteiger partial charge in [-0.3, -0.25) is 0 Å². The van der Waals surface area contributed by atoms with E-state index in [1.807, 2.05) is 0 Å². The summed E-state index contributed by atoms with van der Waals surface area (Å²) in [5.41, 5.74) is 6.53. The Morgan fingerprint density at radius 3 is 2.85 bits per heavy atom. The third-order valence-electron chi connectivity index (χ3n) is 1.48. The van der Waals surface area contributed by atoms with Crippen LogP contribution in [0.15, 0.2) is 23.4 Å². The molecule has 0 aliphatic carbocycles. The van der Waals surface area contributed by atoms with Gasteiger partial charge in [0.25, 0.3) is 0 Å². The Balaban J connectivity index is 3.04. The van der Waals surface area contributed by atoms with Crippen LogP contribution >= 0.6 is 12.2 Å². The van der Waals surface area contributed by atoms with Crippen LogP contribution < -0.4 is 5.73 Å². The lowest BCUT2D eigenvalue weighted by Crippen LogP contribution is -1.89. The molecule has 6 heteroatoms. The van der Waals surface area contributed by atoms with E-state index in [1.165, 1.54) is 23.8 Å². The standard InChI is InChI=1S/C7H8N2O2S2/c8-2-5(4-12)7-1-6(3-9-7)13(10)11/h1-4,9H,8H2,(H,10,11). The average molecular weight is 216 g/mol. The first-order chi connectivity index (χ1) is 6.19. The molecular weight excluding hydrogens is 208 g/mol. The van der Waals surface area contributed by atoms with Gasteiger partial charge in [0.2, 0.25) is 0 Å². The van der Waals surface area contributed by atoms with E-state index in [2.05, 4.69) is 4.98 Å². The molecule has 0 fully saturated rings. The third-order valence-corrected chi connectivity index (χ3v) is 2.37. The van der Waals surface area contributed by atoms with Gasteiger partial charge in [-0.25, -0.2) is 4.21 Å². The first-order valence-corrected chi connectivity index (χ1v) is 4.93. The van der Waals surface area contributed by atoms with Crippen molar-refractivity contribution >= 4 is 34.2 Å². The Hall–Kier alpha value is -0.980. The summed E-state index contributed by atoms with van der Waals surface area (Å²) in [5.74, 6) is 0. The predicted octanol–water partition coefficient (Wildman–Crippen LogP) is 0.895. The molecule has 0 aliphatic rings. The molecule has 1 unspecified atom stereocenters. The van der Waals surface area contributed by atoms with Gasteiger partial charge in [0.15, 0.2) is 11.1 Å². The lowest BCUT2D eigenvalue weighted by atomic mass is 10.2. The molecule has 0 aromatic carbocycles. The van der Waals surface area contributed by atoms with Crippen LogP contribution in [0.5, 0.6) is 0 Å². The summed E-state index contributed by atoms with van der Waals surface area (Å²) in [4.78, 5) is 3.09. The number of allylic oxidation sites excluding steroid dienone is 1. The van der Waals surface area contributed by atoms with E-state index < -0.39 is 11.1 Å². The van der Waals surface area contributed by atoms with Crippen molar-refractivity contribution < 1.29 is 8.76 Å². The van der Waals surface area contributed by atoms with Gasteiger partial charge in [-0.05, 0) is 6.07 Å². The topological polar surface area (TPSA) is 79.1 Å². The monoisotopic (exact) mass is 216 g/mol. The molecule has 4 N–H and O–H groups in total. The van der Waals surface area contributed by atoms with Crippen molar-refractivity contribution in [2.75, 3.05) is 0 Å². The lowest BCUT2D eigenvalue weighted by molar-refractivity contribution is 0.564. The van der Waals surface area contributed by atoms with E-state index in [-0.39, 0.29) is 0 Å². The molecule has 0 spiro atoms. The van der Waals surface area contributed by atoms with Crippen LogP contribution in [-0.2, 0) is 11.1 Å². The van der Waals surface area contributed by atoms with Gasteiger partial charge in [-0.1, -0.05) is 12.2 Å². The highest BCUT2D eigenvalue weighted by molar-refractivity contribution is 7.80. The summed E-state index contributed by atoms with van der Waals surface area (Å²) >= 11 is 2.72. The third kappa shape index (κ3) is 2.24. The average Bonchev–Trinajstić information content (AvgIpc) is 2.56. The van der Waals surface area contributed by atoms with Gasteiger partial charge < -0.3 is 15.3 Å². The van der Waals surface area contributed by atoms with E-state index >= 15 is 0 Å². The van der Waals surface area contributed by atoms with Crippen molar-refractivity contribution in [1.29, 1.82) is 0 Å². The van der Waals surface area contributed by atoms with Gasteiger partial charge in [-0.15, -0.1) is 0 Å². The van der Waals surface area contributed by atoms with E-state index in [1.54, 1.807) is 0 Å². The number of aromatic amines is 1. The Bertz CT molecular complexity index is 370. The fourth-order valence-corrected chi connectivity index (χ4v) is 1.42. The second-order valence-corrected chi connectivity index (χ2v) is 3.44. The first-order valence-electron chi connectivity index (χ1n) is 3.35. The normalized spacial score (nSPS) is 14.1. The van der Waals surface area contributed by atoms with E-state index in [0.29, 0.717) is 16.2 Å². The number of nitrogens with two attached hydrogens (primary N) is 1. The zero-order valence-electron chi connectivity index (χ0n) is 6.56. The molecule has 4 nitrogen and oxygen atoms in total. The molecule has 0 amide bonds. The number of hydrogen-bond donors (Lipinski definition) is 3. The van der Waals surface area contributed by atoms with Crippen molar-refractivity contribution in [1.82, 2.24) is 4.98 Å². The van der Waals surface area contributed by atoms with Gasteiger partial charge in [-0.2, -0.15) is 0 Å². The minimum Gasteiger partial charge on any atom is -0.404 e. The van der Waals surface area contributed by atoms with E-state index in [0.717, 1.165) is 0 Å². The van der Waals surface area contributed by atoms with E-state index in [9.17, 15) is 4.21 Å². The summed E-state index contributed by atoms with van der Waals surface area (Å²) in [6.07, 6.45) is 2.77. The summed E-state index contributed by atoms with van der Waals surface area (Å²) in [5, 5.41) is 1.40. The highest BCUT2D eigenvalue weighted by Crippen LogP contribution is 2.13. The summed E-state index contributed by atoms with van der Waals surface area (Å²) in [6, 6.07) is 1.53. The summed E-state index contributed by atoms with van der Waals surface area (Å²) in [6.45, 7) is 0. The van der Waals surface area contributed by atoms with Crippen molar-refractivity contribution in [2.45, 2.75) is 4.90 Å². The van der Waals surface area contributed by atoms with Crippen molar-refractivity contribution in [3.63, 3.8) is 0 Å². The number of rotatable bonds is 3. The van der Waals surface area contributed by atoms with Crippen LogP contribution in [0.25, 0.3) is 5.57 Å². The Labute approximate surface area is 83.1 Å². The number of H-pyrrole nitrogens is 1. The van der Waals surface area contributed by atoms with Crippen LogP contribution in [0, 0.1) is 0 Å². The number of hydrogen-bond acceptors (Lipinski definition) is 3. The molecule has 1 rings (SSSR count). The number of thiocarbonyl (C=S) groups is 1. The number of aromatic nitrogens is 1. The maximum Gasteiger partial charge on any atom is 0.188 e. The minimum absolute atomic E-state index is 0.297. The highest BCUT2D eigenvalue weighted by Gasteiger charge is 2.05. The Kier molecular flexibility index (Phi) is 3.35. The van der Waals surface area contributed by atoms with Gasteiger partial charge in [0, 0.05) is 29.0 Å². The highest BCUT2D eigenvalue weighted by atomic mass is 32.2. The number of nitrogens with one attached hydrogen (secondary N) is 1. The fraction of sp³-hybridized carbons (Fsp3) is 0. The minimum atomic E-state index is -1.98. The zero-order chi connectivity index (χ0) is 9.84. The van der Waals surface area contributed by atoms with Crippen molar-refractivity contribution in [3.8, 4) is 0 Å². The van der Waals surface area contributed by atoms with E-state index in [4.69, 9.17) is 22.5 Å². The second kappa shape index (κ2) is 4.31. The molecule has 0 saturated heterocycles. The van der Waals surface area contributed by atoms with Crippen LogP contribution in [0.1, 0.15) is 5.69 Å². The molecule has 0 aliphatic heterocycles. The molecule has 70 valence electrons. The molecule has 0 radical (unpaired) electrons. The van der Waals surface area contributed by atoms with Gasteiger partial charge >= 0.3 is 0 Å². The molecule has 1 aromatic rings. The van der Waals surface area contributed by atoms with Gasteiger partial charge in [0.1, 0.15) is 0 Å². The maximum atomic E-state index is 10.6. The van der Waals surface area contributed by atoms with Crippen LogP contribution in [-0.4, -0.2) is 19.1 Å². The molecule has 13 heavy (non-hydrogen) atoms. The largest absolute Gasteiger partial charge is 0.404 e. The van der Waals surface area contributed by atoms with Crippen molar-refractivity contribution in [3.05, 3.63) is 24.2 Å². The smallest absolute Gasteiger partial charge is 0.188 e. The molecule has 0 saturated carbocycles. The first kappa shape index (κ1) is 10.1. The van der Waals surface area contributed by atoms with Gasteiger partial charge in [0.05, 0.1) is 4.90 Å². The molecular formula is C7H8N2O2S2. The lowest BCUT2D eigenvalue weighted by Gasteiger charge is -1.93. The molecule has 1 aromatic heterocycles. The molecule has 1 heterocycles.